The van der Waals surface area contributed by atoms with Crippen molar-refractivity contribution < 1.29 is 33.2 Å². The van der Waals surface area contributed by atoms with Gasteiger partial charge in [0.1, 0.15) is 5.82 Å². The second-order valence-electron chi connectivity index (χ2n) is 10.0. The van der Waals surface area contributed by atoms with Crippen LogP contribution in [-0.2, 0) is 24.0 Å². The van der Waals surface area contributed by atoms with Crippen molar-refractivity contribution >= 4 is 11.7 Å². The molecule has 8 nitrogen and oxygen atoms in total. The average molecular weight is 465 g/mol. The van der Waals surface area contributed by atoms with Gasteiger partial charge in [0, 0.05) is 30.5 Å². The molecule has 1 saturated carbocycles. The quantitative estimate of drug-likeness (QED) is 0.502. The van der Waals surface area contributed by atoms with Gasteiger partial charge in [0.2, 0.25) is 5.79 Å². The van der Waals surface area contributed by atoms with Gasteiger partial charge in [0.25, 0.3) is 0 Å². The molecule has 2 amide bonds. The van der Waals surface area contributed by atoms with Crippen LogP contribution in [0, 0.1) is 29.5 Å². The summed E-state index contributed by atoms with van der Waals surface area (Å²) in [6, 6.07) is 5.21. The van der Waals surface area contributed by atoms with E-state index < -0.39 is 24.0 Å². The lowest BCUT2D eigenvalue weighted by atomic mass is 9.58. The molecule has 1 aromatic carbocycles. The smallest absolute Gasteiger partial charge is 0.319 e. The third kappa shape index (κ3) is 4.14. The Kier molecular flexibility index (Phi) is 6.11. The van der Waals surface area contributed by atoms with Crippen molar-refractivity contribution in [1.82, 2.24) is 5.32 Å². The van der Waals surface area contributed by atoms with Crippen LogP contribution in [0.5, 0.6) is 0 Å². The number of fused-ring (bicyclic) bond motifs is 2. The van der Waals surface area contributed by atoms with Crippen molar-refractivity contribution in [3.05, 3.63) is 30.1 Å². The van der Waals surface area contributed by atoms with Crippen LogP contribution in [0.25, 0.3) is 0 Å². The average Bonchev–Trinajstić information content (AvgIpc) is 3.02. The first-order valence-electron chi connectivity index (χ1n) is 11.9. The zero-order chi connectivity index (χ0) is 23.2. The fraction of sp³-hybridized carbons (Fsp3) is 0.708. The Morgan fingerprint density at radius 2 is 1.94 bits per heavy atom. The highest BCUT2D eigenvalue weighted by molar-refractivity contribution is 5.89. The zero-order valence-corrected chi connectivity index (χ0v) is 19.3. The van der Waals surface area contributed by atoms with E-state index in [0.717, 1.165) is 25.7 Å². The van der Waals surface area contributed by atoms with Gasteiger partial charge in [-0.15, -0.1) is 0 Å². The molecule has 6 rings (SSSR count). The molecule has 4 heterocycles. The Hall–Kier alpha value is -1.78. The van der Waals surface area contributed by atoms with E-state index in [-0.39, 0.29) is 30.3 Å². The van der Waals surface area contributed by atoms with Crippen LogP contribution in [0.4, 0.5) is 14.9 Å². The van der Waals surface area contributed by atoms with Crippen molar-refractivity contribution in [3.63, 3.8) is 0 Å². The van der Waals surface area contributed by atoms with E-state index >= 15 is 0 Å². The molecule has 0 unspecified atom stereocenters. The molecule has 4 saturated heterocycles. The molecule has 33 heavy (non-hydrogen) atoms. The van der Waals surface area contributed by atoms with E-state index in [0.29, 0.717) is 24.1 Å². The van der Waals surface area contributed by atoms with E-state index in [2.05, 4.69) is 24.5 Å². The number of halogens is 1. The maximum absolute atomic E-state index is 13.0. The third-order valence-corrected chi connectivity index (χ3v) is 7.87. The molecular weight excluding hydrogens is 431 g/mol. The lowest BCUT2D eigenvalue weighted by molar-refractivity contribution is -0.577. The second kappa shape index (κ2) is 8.78. The number of anilines is 1. The van der Waals surface area contributed by atoms with Gasteiger partial charge < -0.3 is 24.8 Å². The lowest BCUT2D eigenvalue weighted by Crippen LogP contribution is -2.70. The SMILES string of the molecule is C[C@H]1[C@@H](OCCNC(=O)Nc2ccc(F)cc2)O[C@@H]2O[C@]3(C)CC[C@H]4[C@H](C)CC[C@@H]1[C@@]24OO3. The highest BCUT2D eigenvalue weighted by Crippen LogP contribution is 2.60. The minimum atomic E-state index is -0.817. The Bertz CT molecular complexity index is 871. The van der Waals surface area contributed by atoms with Gasteiger partial charge in [-0.05, 0) is 62.3 Å². The van der Waals surface area contributed by atoms with Crippen molar-refractivity contribution in [3.8, 4) is 0 Å². The summed E-state index contributed by atoms with van der Waals surface area (Å²) in [4.78, 5) is 24.0. The maximum Gasteiger partial charge on any atom is 0.319 e. The summed E-state index contributed by atoms with van der Waals surface area (Å²) in [7, 11) is 0. The summed E-state index contributed by atoms with van der Waals surface area (Å²) in [6.45, 7) is 6.90. The Balaban J connectivity index is 1.19. The Labute approximate surface area is 193 Å². The second-order valence-corrected chi connectivity index (χ2v) is 10.0. The number of carbonyl (C=O) groups excluding carboxylic acids is 1. The molecule has 2 bridgehead atoms. The number of rotatable bonds is 5. The van der Waals surface area contributed by atoms with Gasteiger partial charge in [0.05, 0.1) is 6.61 Å². The number of benzene rings is 1. The minimum absolute atomic E-state index is 0.0824. The highest BCUT2D eigenvalue weighted by atomic mass is 19.1. The fourth-order valence-electron chi connectivity index (χ4n) is 6.11. The first-order valence-corrected chi connectivity index (χ1v) is 11.9. The van der Waals surface area contributed by atoms with Crippen molar-refractivity contribution in [2.24, 2.45) is 23.7 Å². The fourth-order valence-corrected chi connectivity index (χ4v) is 6.11. The number of urea groups is 1. The van der Waals surface area contributed by atoms with Crippen molar-refractivity contribution in [2.75, 3.05) is 18.5 Å². The van der Waals surface area contributed by atoms with Crippen LogP contribution in [0.3, 0.4) is 0 Å². The minimum Gasteiger partial charge on any atom is -0.350 e. The first-order chi connectivity index (χ1) is 15.8. The largest absolute Gasteiger partial charge is 0.350 e. The highest BCUT2D eigenvalue weighted by Gasteiger charge is 2.69. The molecule has 1 aliphatic carbocycles. The maximum atomic E-state index is 13.0. The molecule has 5 fully saturated rings. The van der Waals surface area contributed by atoms with Crippen LogP contribution >= 0.6 is 0 Å². The number of hydrogen-bond donors (Lipinski definition) is 2. The monoisotopic (exact) mass is 464 g/mol. The number of carbonyl (C=O) groups is 1. The summed E-state index contributed by atoms with van der Waals surface area (Å²) in [5.74, 6) is -0.0748. The van der Waals surface area contributed by atoms with Crippen LogP contribution in [0.2, 0.25) is 0 Å². The van der Waals surface area contributed by atoms with Gasteiger partial charge in [-0.25, -0.2) is 19.0 Å². The van der Waals surface area contributed by atoms with Crippen molar-refractivity contribution in [1.29, 1.82) is 0 Å². The predicted octanol–water partition coefficient (Wildman–Crippen LogP) is 4.17. The first kappa shape index (κ1) is 23.0. The molecule has 5 aliphatic rings. The molecule has 1 spiro atoms. The zero-order valence-electron chi connectivity index (χ0n) is 19.3. The van der Waals surface area contributed by atoms with Crippen LogP contribution in [0.1, 0.15) is 46.5 Å². The summed E-state index contributed by atoms with van der Waals surface area (Å²) in [6.07, 6.45) is 2.87. The summed E-state index contributed by atoms with van der Waals surface area (Å²) in [5, 5.41) is 5.41. The summed E-state index contributed by atoms with van der Waals surface area (Å²) in [5.41, 5.74) is -0.0954. The number of amides is 2. The molecule has 1 aromatic rings. The van der Waals surface area contributed by atoms with E-state index in [1.165, 1.54) is 24.3 Å². The molecule has 182 valence electrons. The Morgan fingerprint density at radius 3 is 2.73 bits per heavy atom. The summed E-state index contributed by atoms with van der Waals surface area (Å²) < 4.78 is 31.7. The molecule has 0 radical (unpaired) electrons. The van der Waals surface area contributed by atoms with Gasteiger partial charge in [-0.2, -0.15) is 0 Å². The van der Waals surface area contributed by atoms with E-state index in [4.69, 9.17) is 24.0 Å². The van der Waals surface area contributed by atoms with Crippen molar-refractivity contribution in [2.45, 2.75) is 70.4 Å². The van der Waals surface area contributed by atoms with Gasteiger partial charge in [-0.3, -0.25) is 0 Å². The van der Waals surface area contributed by atoms with E-state index in [1.54, 1.807) is 0 Å². The molecule has 9 heteroatoms. The summed E-state index contributed by atoms with van der Waals surface area (Å²) >= 11 is 0. The molecule has 8 atom stereocenters. The third-order valence-electron chi connectivity index (χ3n) is 7.87. The van der Waals surface area contributed by atoms with Crippen LogP contribution in [0.15, 0.2) is 24.3 Å². The number of ether oxygens (including phenoxy) is 3. The van der Waals surface area contributed by atoms with Gasteiger partial charge in [0.15, 0.2) is 18.2 Å². The molecule has 4 aliphatic heterocycles. The normalized spacial score (nSPS) is 41.7. The topological polar surface area (TPSA) is 87.3 Å². The van der Waals surface area contributed by atoms with Crippen LogP contribution < -0.4 is 10.6 Å². The van der Waals surface area contributed by atoms with E-state index in [1.807, 2.05) is 6.92 Å². The Morgan fingerprint density at radius 1 is 1.15 bits per heavy atom. The van der Waals surface area contributed by atoms with Gasteiger partial charge in [-0.1, -0.05) is 13.8 Å². The van der Waals surface area contributed by atoms with E-state index in [9.17, 15) is 9.18 Å². The number of nitrogens with one attached hydrogen (secondary N) is 2. The standard InChI is InChI=1S/C24H33FN2O6/c1-14-4-9-19-15(2)20(29-13-12-26-22(28)27-17-7-5-16(25)6-8-17)30-21-24(19)18(14)10-11-23(3,31-21)32-33-24/h5-8,14-15,18-21H,4,9-13H2,1-3H3,(H2,26,27,28)/t14-,15-,18+,19+,20+,21-,23+,24-/m1/s1. The van der Waals surface area contributed by atoms with Crippen LogP contribution in [-0.4, -0.2) is 43.2 Å². The molecular formula is C24H33FN2O6. The van der Waals surface area contributed by atoms with Gasteiger partial charge >= 0.3 is 6.03 Å². The molecule has 0 aromatic heterocycles. The lowest BCUT2D eigenvalue weighted by Gasteiger charge is -2.60. The molecule has 2 N–H and O–H groups in total. The predicted molar refractivity (Wildman–Crippen MR) is 116 cm³/mol. The number of hydrogen-bond acceptors (Lipinski definition) is 6.